The molecule has 2 rings (SSSR count). The fourth-order valence-electron chi connectivity index (χ4n) is 2.18. The summed E-state index contributed by atoms with van der Waals surface area (Å²) in [5, 5.41) is 3.44. The van der Waals surface area contributed by atoms with Crippen molar-refractivity contribution in [1.29, 1.82) is 0 Å². The van der Waals surface area contributed by atoms with E-state index in [0.29, 0.717) is 30.4 Å². The number of halogens is 1. The molecule has 0 saturated carbocycles. The van der Waals surface area contributed by atoms with E-state index < -0.39 is 0 Å². The molecule has 1 aliphatic rings. The zero-order chi connectivity index (χ0) is 14.5. The van der Waals surface area contributed by atoms with Crippen LogP contribution in [0.3, 0.4) is 0 Å². The van der Waals surface area contributed by atoms with Gasteiger partial charge in [0.2, 0.25) is 0 Å². The molecule has 7 heteroatoms. The molecule has 2 N–H and O–H groups in total. The molecule has 0 radical (unpaired) electrons. The second kappa shape index (κ2) is 6.65. The van der Waals surface area contributed by atoms with Crippen LogP contribution in [0.25, 0.3) is 0 Å². The van der Waals surface area contributed by atoms with E-state index in [2.05, 4.69) is 10.3 Å². The number of rotatable bonds is 3. The molecule has 0 unspecified atom stereocenters. The minimum absolute atomic E-state index is 0.0650. The summed E-state index contributed by atoms with van der Waals surface area (Å²) in [6, 6.07) is 1.65. The summed E-state index contributed by atoms with van der Waals surface area (Å²) >= 11 is 5.76. The molecule has 1 aromatic rings. The Morgan fingerprint density at radius 3 is 2.75 bits per heavy atom. The summed E-state index contributed by atoms with van der Waals surface area (Å²) in [4.78, 5) is 28.0. The molecule has 0 aromatic carbocycles. The average Bonchev–Trinajstić information content (AvgIpc) is 2.86. The Morgan fingerprint density at radius 1 is 1.50 bits per heavy atom. The van der Waals surface area contributed by atoms with E-state index in [-0.39, 0.29) is 18.0 Å². The fraction of sp³-hybridized carbons (Fsp3) is 0.538. The van der Waals surface area contributed by atoms with Crippen molar-refractivity contribution in [2.75, 3.05) is 19.7 Å². The molecule has 1 aliphatic heterocycles. The summed E-state index contributed by atoms with van der Waals surface area (Å²) in [7, 11) is 0. The van der Waals surface area contributed by atoms with E-state index >= 15 is 0 Å². The first-order chi connectivity index (χ1) is 9.60. The second-order valence-corrected chi connectivity index (χ2v) is 5.10. The van der Waals surface area contributed by atoms with Gasteiger partial charge in [-0.2, -0.15) is 0 Å². The van der Waals surface area contributed by atoms with Crippen molar-refractivity contribution in [3.05, 3.63) is 23.0 Å². The van der Waals surface area contributed by atoms with Crippen molar-refractivity contribution in [2.45, 2.75) is 25.8 Å². The minimum atomic E-state index is -0.284. The molecular weight excluding hydrogens is 282 g/mol. The van der Waals surface area contributed by atoms with Crippen LogP contribution in [0.5, 0.6) is 0 Å². The van der Waals surface area contributed by atoms with Crippen molar-refractivity contribution in [2.24, 2.45) is 0 Å². The largest absolute Gasteiger partial charge is 0.450 e. The maximum Gasteiger partial charge on any atom is 0.409 e. The third-order valence-corrected chi connectivity index (χ3v) is 3.47. The van der Waals surface area contributed by atoms with Crippen molar-refractivity contribution in [1.82, 2.24) is 15.2 Å². The predicted octanol–water partition coefficient (Wildman–Crippen LogP) is 2.02. The highest BCUT2D eigenvalue weighted by Crippen LogP contribution is 2.13. The van der Waals surface area contributed by atoms with Gasteiger partial charge in [-0.25, -0.2) is 4.79 Å². The third kappa shape index (κ3) is 3.66. The van der Waals surface area contributed by atoms with Crippen LogP contribution < -0.4 is 5.32 Å². The molecule has 2 amide bonds. The van der Waals surface area contributed by atoms with Gasteiger partial charge in [0.1, 0.15) is 5.69 Å². The van der Waals surface area contributed by atoms with E-state index in [4.69, 9.17) is 16.3 Å². The standard InChI is InChI=1S/C13H18ClN3O3/c1-2-20-13(19)17-5-3-10(4-6-17)16-12(18)11-7-9(14)8-15-11/h7-8,10,15H,2-6H2,1H3,(H,16,18). The van der Waals surface area contributed by atoms with Crippen LogP contribution in [-0.2, 0) is 4.74 Å². The first-order valence-electron chi connectivity index (χ1n) is 6.66. The van der Waals surface area contributed by atoms with Crippen molar-refractivity contribution >= 4 is 23.6 Å². The SMILES string of the molecule is CCOC(=O)N1CCC(NC(=O)c2cc(Cl)c[nH]2)CC1. The molecule has 0 spiro atoms. The molecule has 20 heavy (non-hydrogen) atoms. The molecule has 6 nitrogen and oxygen atoms in total. The van der Waals surface area contributed by atoms with Crippen LogP contribution in [-0.4, -0.2) is 47.6 Å². The van der Waals surface area contributed by atoms with Gasteiger partial charge in [0.05, 0.1) is 11.6 Å². The quantitative estimate of drug-likeness (QED) is 0.896. The molecule has 0 atom stereocenters. The molecule has 1 saturated heterocycles. The minimum Gasteiger partial charge on any atom is -0.450 e. The van der Waals surface area contributed by atoms with Gasteiger partial charge in [-0.1, -0.05) is 11.6 Å². The average molecular weight is 300 g/mol. The topological polar surface area (TPSA) is 74.4 Å². The molecule has 110 valence electrons. The maximum absolute atomic E-state index is 11.9. The number of amides is 2. The van der Waals surface area contributed by atoms with E-state index in [0.717, 1.165) is 12.8 Å². The maximum atomic E-state index is 11.9. The van der Waals surface area contributed by atoms with E-state index in [1.165, 1.54) is 0 Å². The van der Waals surface area contributed by atoms with Crippen LogP contribution in [0.2, 0.25) is 5.02 Å². The Morgan fingerprint density at radius 2 is 2.20 bits per heavy atom. The van der Waals surface area contributed by atoms with E-state index in [1.807, 2.05) is 0 Å². The van der Waals surface area contributed by atoms with Gasteiger partial charge in [-0.05, 0) is 25.8 Å². The highest BCUT2D eigenvalue weighted by atomic mass is 35.5. The molecule has 1 aromatic heterocycles. The van der Waals surface area contributed by atoms with Gasteiger partial charge < -0.3 is 19.9 Å². The lowest BCUT2D eigenvalue weighted by atomic mass is 10.1. The molecule has 1 fully saturated rings. The lowest BCUT2D eigenvalue weighted by Crippen LogP contribution is -2.46. The van der Waals surface area contributed by atoms with Crippen LogP contribution in [0.1, 0.15) is 30.3 Å². The highest BCUT2D eigenvalue weighted by molar-refractivity contribution is 6.30. The number of nitrogens with one attached hydrogen (secondary N) is 2. The Labute approximate surface area is 122 Å². The number of piperidine rings is 1. The predicted molar refractivity (Wildman–Crippen MR) is 74.9 cm³/mol. The van der Waals surface area contributed by atoms with E-state index in [1.54, 1.807) is 24.1 Å². The van der Waals surface area contributed by atoms with Gasteiger partial charge in [-0.15, -0.1) is 0 Å². The number of carbonyl (C=O) groups excluding carboxylic acids is 2. The monoisotopic (exact) mass is 299 g/mol. The number of ether oxygens (including phenoxy) is 1. The fourth-order valence-corrected chi connectivity index (χ4v) is 2.35. The normalized spacial score (nSPS) is 16.0. The third-order valence-electron chi connectivity index (χ3n) is 3.25. The Kier molecular flexibility index (Phi) is 4.89. The van der Waals surface area contributed by atoms with Gasteiger partial charge >= 0.3 is 6.09 Å². The van der Waals surface area contributed by atoms with Gasteiger partial charge in [0.15, 0.2) is 0 Å². The Hall–Kier alpha value is -1.69. The first kappa shape index (κ1) is 14.7. The summed E-state index contributed by atoms with van der Waals surface area (Å²) in [6.45, 7) is 3.35. The Bertz CT molecular complexity index is 481. The van der Waals surface area contributed by atoms with Crippen LogP contribution in [0, 0.1) is 0 Å². The summed E-state index contributed by atoms with van der Waals surface area (Å²) in [5.74, 6) is -0.175. The van der Waals surface area contributed by atoms with Gasteiger partial charge in [0, 0.05) is 25.3 Å². The summed E-state index contributed by atoms with van der Waals surface area (Å²) in [6.07, 6.45) is 2.73. The number of H-pyrrole nitrogens is 1. The van der Waals surface area contributed by atoms with Gasteiger partial charge in [-0.3, -0.25) is 4.79 Å². The number of aromatic amines is 1. The lowest BCUT2D eigenvalue weighted by Gasteiger charge is -2.31. The van der Waals surface area contributed by atoms with Crippen LogP contribution in [0.4, 0.5) is 4.79 Å². The van der Waals surface area contributed by atoms with Crippen LogP contribution in [0.15, 0.2) is 12.3 Å². The van der Waals surface area contributed by atoms with Crippen LogP contribution >= 0.6 is 11.6 Å². The highest BCUT2D eigenvalue weighted by Gasteiger charge is 2.25. The second-order valence-electron chi connectivity index (χ2n) is 4.67. The molecular formula is C13H18ClN3O3. The first-order valence-corrected chi connectivity index (χ1v) is 7.04. The summed E-state index contributed by atoms with van der Waals surface area (Å²) < 4.78 is 4.95. The number of carbonyl (C=O) groups is 2. The molecule has 2 heterocycles. The van der Waals surface area contributed by atoms with Gasteiger partial charge in [0.25, 0.3) is 5.91 Å². The summed E-state index contributed by atoms with van der Waals surface area (Å²) in [5.41, 5.74) is 0.447. The van der Waals surface area contributed by atoms with Crippen molar-refractivity contribution in [3.8, 4) is 0 Å². The molecule has 0 bridgehead atoms. The lowest BCUT2D eigenvalue weighted by molar-refractivity contribution is 0.0857. The smallest absolute Gasteiger partial charge is 0.409 e. The van der Waals surface area contributed by atoms with Crippen molar-refractivity contribution in [3.63, 3.8) is 0 Å². The zero-order valence-electron chi connectivity index (χ0n) is 11.3. The number of likely N-dealkylation sites (tertiary alicyclic amines) is 1. The van der Waals surface area contributed by atoms with E-state index in [9.17, 15) is 9.59 Å². The Balaban J connectivity index is 1.80. The zero-order valence-corrected chi connectivity index (χ0v) is 12.1. The number of aromatic nitrogens is 1. The van der Waals surface area contributed by atoms with Crippen molar-refractivity contribution < 1.29 is 14.3 Å². The number of hydrogen-bond acceptors (Lipinski definition) is 3. The molecule has 0 aliphatic carbocycles. The number of nitrogens with zero attached hydrogens (tertiary/aromatic N) is 1. The number of hydrogen-bond donors (Lipinski definition) is 2.